The van der Waals surface area contributed by atoms with Gasteiger partial charge in [-0.3, -0.25) is 16.3 Å². The van der Waals surface area contributed by atoms with Crippen molar-refractivity contribution in [3.63, 3.8) is 0 Å². The number of fused-ring (bicyclic) bond motifs is 1. The number of hydrazine groups is 1. The molecule has 3 atom stereocenters. The summed E-state index contributed by atoms with van der Waals surface area (Å²) >= 11 is 0. The lowest BCUT2D eigenvalue weighted by Crippen LogP contribution is -2.30. The van der Waals surface area contributed by atoms with Crippen LogP contribution in [0.15, 0.2) is 18.5 Å². The molecule has 0 aliphatic heterocycles. The highest BCUT2D eigenvalue weighted by Crippen LogP contribution is 2.61. The van der Waals surface area contributed by atoms with Gasteiger partial charge in [0.15, 0.2) is 0 Å². The third-order valence-corrected chi connectivity index (χ3v) is 4.29. The fourth-order valence-corrected chi connectivity index (χ4v) is 3.55. The molecule has 3 rings (SSSR count). The smallest absolute Gasteiger partial charge is 0.0508 e. The highest BCUT2D eigenvalue weighted by Gasteiger charge is 2.55. The Morgan fingerprint density at radius 2 is 2.12 bits per heavy atom. The number of hydrogen-bond donors (Lipinski definition) is 2. The largest absolute Gasteiger partial charge is 0.271 e. The highest BCUT2D eigenvalue weighted by molar-refractivity contribution is 5.24. The summed E-state index contributed by atoms with van der Waals surface area (Å²) in [5.41, 5.74) is 5.46. The van der Waals surface area contributed by atoms with Crippen LogP contribution in [-0.2, 0) is 0 Å². The zero-order valence-electron chi connectivity index (χ0n) is 9.69. The number of hydrogen-bond acceptors (Lipinski definition) is 3. The average Bonchev–Trinajstić information content (AvgIpc) is 2.74. The van der Waals surface area contributed by atoms with Crippen LogP contribution in [0.1, 0.15) is 36.4 Å². The van der Waals surface area contributed by atoms with E-state index in [0.717, 1.165) is 17.8 Å². The minimum absolute atomic E-state index is 0.308. The minimum atomic E-state index is 0.308. The molecule has 2 fully saturated rings. The van der Waals surface area contributed by atoms with Gasteiger partial charge in [-0.1, -0.05) is 12.5 Å². The Morgan fingerprint density at radius 3 is 2.75 bits per heavy atom. The van der Waals surface area contributed by atoms with E-state index in [-0.39, 0.29) is 0 Å². The van der Waals surface area contributed by atoms with Gasteiger partial charge >= 0.3 is 0 Å². The van der Waals surface area contributed by atoms with Crippen LogP contribution in [0.3, 0.4) is 0 Å². The van der Waals surface area contributed by atoms with Crippen molar-refractivity contribution in [2.24, 2.45) is 23.6 Å². The van der Waals surface area contributed by atoms with Crippen LogP contribution < -0.4 is 11.3 Å². The van der Waals surface area contributed by atoms with E-state index in [1.807, 2.05) is 12.4 Å². The monoisotopic (exact) mass is 217 g/mol. The van der Waals surface area contributed by atoms with Gasteiger partial charge in [-0.2, -0.15) is 0 Å². The van der Waals surface area contributed by atoms with Crippen LogP contribution >= 0.6 is 0 Å². The van der Waals surface area contributed by atoms with E-state index in [9.17, 15) is 0 Å². The Hall–Kier alpha value is -0.930. The second kappa shape index (κ2) is 3.82. The molecule has 0 spiro atoms. The van der Waals surface area contributed by atoms with Crippen LogP contribution in [0.4, 0.5) is 0 Å². The van der Waals surface area contributed by atoms with Crippen molar-refractivity contribution in [2.75, 3.05) is 0 Å². The predicted octanol–water partition coefficient (Wildman–Crippen LogP) is 1.94. The lowest BCUT2D eigenvalue weighted by Gasteiger charge is -2.18. The van der Waals surface area contributed by atoms with Crippen LogP contribution in [-0.4, -0.2) is 4.98 Å². The summed E-state index contributed by atoms with van der Waals surface area (Å²) in [5.74, 6) is 8.31. The number of nitrogens with two attached hydrogens (primary N) is 1. The molecule has 1 aromatic heterocycles. The molecule has 86 valence electrons. The number of pyridine rings is 1. The van der Waals surface area contributed by atoms with Gasteiger partial charge in [-0.05, 0) is 48.6 Å². The molecule has 0 bridgehead atoms. The van der Waals surface area contributed by atoms with Crippen molar-refractivity contribution in [3.05, 3.63) is 29.6 Å². The maximum atomic E-state index is 5.72. The van der Waals surface area contributed by atoms with Crippen molar-refractivity contribution in [3.8, 4) is 0 Å². The van der Waals surface area contributed by atoms with Crippen molar-refractivity contribution in [1.82, 2.24) is 10.4 Å². The molecular weight excluding hydrogens is 198 g/mol. The van der Waals surface area contributed by atoms with Crippen molar-refractivity contribution in [1.29, 1.82) is 0 Å². The summed E-state index contributed by atoms with van der Waals surface area (Å²) in [6, 6.07) is 2.51. The number of nitrogens with zero attached hydrogens (tertiary/aromatic N) is 1. The molecule has 0 aromatic carbocycles. The van der Waals surface area contributed by atoms with E-state index in [0.29, 0.717) is 6.04 Å². The average molecular weight is 217 g/mol. The Labute approximate surface area is 96.4 Å². The summed E-state index contributed by atoms with van der Waals surface area (Å²) in [4.78, 5) is 4.26. The zero-order chi connectivity index (χ0) is 11.1. The standard InChI is InChI=1S/C13H19N3/c1-8-5-9(7-15-6-8)13(16-14)12-10-3-2-4-11(10)12/h5-7,10-13,16H,2-4,14H2,1H3. The minimum Gasteiger partial charge on any atom is -0.271 e. The summed E-state index contributed by atoms with van der Waals surface area (Å²) < 4.78 is 0. The quantitative estimate of drug-likeness (QED) is 0.601. The molecule has 0 radical (unpaired) electrons. The van der Waals surface area contributed by atoms with Crippen LogP contribution in [0.2, 0.25) is 0 Å². The van der Waals surface area contributed by atoms with Gasteiger partial charge in [0.25, 0.3) is 0 Å². The number of nitrogens with one attached hydrogen (secondary N) is 1. The van der Waals surface area contributed by atoms with E-state index in [2.05, 4.69) is 23.4 Å². The van der Waals surface area contributed by atoms with Crippen molar-refractivity contribution in [2.45, 2.75) is 32.2 Å². The lowest BCUT2D eigenvalue weighted by atomic mass is 9.98. The zero-order valence-corrected chi connectivity index (χ0v) is 9.69. The molecule has 1 heterocycles. The summed E-state index contributed by atoms with van der Waals surface area (Å²) in [6.45, 7) is 2.08. The first-order valence-corrected chi connectivity index (χ1v) is 6.19. The van der Waals surface area contributed by atoms with Gasteiger partial charge in [0, 0.05) is 12.4 Å². The molecule has 3 heteroatoms. The van der Waals surface area contributed by atoms with E-state index < -0.39 is 0 Å². The van der Waals surface area contributed by atoms with E-state index in [1.54, 1.807) is 0 Å². The number of aryl methyl sites for hydroxylation is 1. The first kappa shape index (κ1) is 10.2. The van der Waals surface area contributed by atoms with E-state index in [4.69, 9.17) is 5.84 Å². The third kappa shape index (κ3) is 1.55. The summed E-state index contributed by atoms with van der Waals surface area (Å²) in [5, 5.41) is 0. The fraction of sp³-hybridized carbons (Fsp3) is 0.615. The van der Waals surface area contributed by atoms with Gasteiger partial charge < -0.3 is 0 Å². The van der Waals surface area contributed by atoms with Gasteiger partial charge in [0.2, 0.25) is 0 Å². The van der Waals surface area contributed by atoms with Gasteiger partial charge in [0.05, 0.1) is 6.04 Å². The van der Waals surface area contributed by atoms with Crippen molar-refractivity contribution < 1.29 is 0 Å². The molecule has 3 unspecified atom stereocenters. The first-order chi connectivity index (χ1) is 7.81. The molecule has 2 saturated carbocycles. The van der Waals surface area contributed by atoms with Gasteiger partial charge in [-0.15, -0.1) is 0 Å². The topological polar surface area (TPSA) is 50.9 Å². The van der Waals surface area contributed by atoms with Crippen LogP contribution in [0.25, 0.3) is 0 Å². The third-order valence-electron chi connectivity index (χ3n) is 4.29. The van der Waals surface area contributed by atoms with E-state index in [1.165, 1.54) is 30.4 Å². The summed E-state index contributed by atoms with van der Waals surface area (Å²) in [6.07, 6.45) is 8.05. The molecule has 16 heavy (non-hydrogen) atoms. The summed E-state index contributed by atoms with van der Waals surface area (Å²) in [7, 11) is 0. The molecule has 2 aliphatic rings. The highest BCUT2D eigenvalue weighted by atomic mass is 15.2. The van der Waals surface area contributed by atoms with Gasteiger partial charge in [0.1, 0.15) is 0 Å². The molecule has 0 saturated heterocycles. The second-order valence-electron chi connectivity index (χ2n) is 5.28. The Balaban J connectivity index is 1.81. The Bertz CT molecular complexity index is 381. The molecule has 2 aliphatic carbocycles. The number of aromatic nitrogens is 1. The first-order valence-electron chi connectivity index (χ1n) is 6.19. The maximum absolute atomic E-state index is 5.72. The predicted molar refractivity (Wildman–Crippen MR) is 63.4 cm³/mol. The van der Waals surface area contributed by atoms with Crippen LogP contribution in [0.5, 0.6) is 0 Å². The maximum Gasteiger partial charge on any atom is 0.0508 e. The van der Waals surface area contributed by atoms with Crippen LogP contribution in [0, 0.1) is 24.7 Å². The fourth-order valence-electron chi connectivity index (χ4n) is 3.55. The molecule has 3 nitrogen and oxygen atoms in total. The molecule has 0 amide bonds. The second-order valence-corrected chi connectivity index (χ2v) is 5.28. The normalized spacial score (nSPS) is 33.5. The number of rotatable bonds is 3. The van der Waals surface area contributed by atoms with Crippen molar-refractivity contribution >= 4 is 0 Å². The Morgan fingerprint density at radius 1 is 1.38 bits per heavy atom. The van der Waals surface area contributed by atoms with E-state index >= 15 is 0 Å². The Kier molecular flexibility index (Phi) is 2.45. The van der Waals surface area contributed by atoms with Gasteiger partial charge in [-0.25, -0.2) is 0 Å². The molecule has 1 aromatic rings. The SMILES string of the molecule is Cc1cncc(C(NN)C2C3CCCC32)c1. The lowest BCUT2D eigenvalue weighted by molar-refractivity contribution is 0.424. The molecular formula is C13H19N3. The molecule has 3 N–H and O–H groups in total.